The zero-order valence-corrected chi connectivity index (χ0v) is 11.3. The molecule has 0 aliphatic heterocycles. The van der Waals surface area contributed by atoms with Crippen molar-refractivity contribution < 1.29 is 13.5 Å². The molecule has 1 N–H and O–H groups in total. The van der Waals surface area contributed by atoms with Crippen LogP contribution in [-0.2, 0) is 6.54 Å². The van der Waals surface area contributed by atoms with Crippen molar-refractivity contribution in [1.82, 2.24) is 5.32 Å². The number of hydrogen-bond donors (Lipinski definition) is 1. The lowest BCUT2D eigenvalue weighted by Crippen LogP contribution is -2.13. The zero-order chi connectivity index (χ0) is 14.4. The van der Waals surface area contributed by atoms with Crippen LogP contribution in [0.4, 0.5) is 8.78 Å². The average Bonchev–Trinajstić information content (AvgIpc) is 2.40. The Morgan fingerprint density at radius 3 is 2.20 bits per heavy atom. The second kappa shape index (κ2) is 7.01. The fourth-order valence-electron chi connectivity index (χ4n) is 1.81. The van der Waals surface area contributed by atoms with Gasteiger partial charge in [0.2, 0.25) is 0 Å². The molecule has 4 heteroatoms. The van der Waals surface area contributed by atoms with Gasteiger partial charge in [0.15, 0.2) is 0 Å². The standard InChI is InChI=1S/C16H17F2NO/c1-2-7-19-11-12-3-5-15(6-4-12)20-16-9-13(17)8-14(18)10-16/h3-6,8-10,19H,2,7,11H2,1H3. The monoisotopic (exact) mass is 277 g/mol. The third-order valence-electron chi connectivity index (χ3n) is 2.75. The first-order valence-electron chi connectivity index (χ1n) is 6.61. The van der Waals surface area contributed by atoms with Crippen molar-refractivity contribution in [3.8, 4) is 11.5 Å². The molecule has 0 spiro atoms. The second-order valence-electron chi connectivity index (χ2n) is 4.53. The summed E-state index contributed by atoms with van der Waals surface area (Å²) in [6, 6.07) is 10.5. The zero-order valence-electron chi connectivity index (χ0n) is 11.3. The summed E-state index contributed by atoms with van der Waals surface area (Å²) < 4.78 is 31.5. The number of nitrogens with one attached hydrogen (secondary N) is 1. The third kappa shape index (κ3) is 4.31. The summed E-state index contributed by atoms with van der Waals surface area (Å²) in [4.78, 5) is 0. The molecular formula is C16H17F2NO. The summed E-state index contributed by atoms with van der Waals surface area (Å²) in [6.45, 7) is 3.88. The largest absolute Gasteiger partial charge is 0.457 e. The molecule has 0 saturated carbocycles. The summed E-state index contributed by atoms with van der Waals surface area (Å²) in [7, 11) is 0. The minimum absolute atomic E-state index is 0.152. The Bertz CT molecular complexity index is 535. The Balaban J connectivity index is 1.99. The molecule has 0 radical (unpaired) electrons. The van der Waals surface area contributed by atoms with Crippen LogP contribution < -0.4 is 10.1 Å². The van der Waals surface area contributed by atoms with Gasteiger partial charge in [-0.1, -0.05) is 19.1 Å². The van der Waals surface area contributed by atoms with Crippen LogP contribution in [0.1, 0.15) is 18.9 Å². The van der Waals surface area contributed by atoms with Crippen molar-refractivity contribution in [3.05, 3.63) is 59.7 Å². The van der Waals surface area contributed by atoms with Gasteiger partial charge in [-0.25, -0.2) is 8.78 Å². The molecule has 2 rings (SSSR count). The molecular weight excluding hydrogens is 260 g/mol. The van der Waals surface area contributed by atoms with E-state index in [0.717, 1.165) is 43.3 Å². The molecule has 106 valence electrons. The van der Waals surface area contributed by atoms with E-state index in [-0.39, 0.29) is 5.75 Å². The Labute approximate surface area is 117 Å². The molecule has 0 aromatic heterocycles. The minimum Gasteiger partial charge on any atom is -0.457 e. The molecule has 0 heterocycles. The summed E-state index contributed by atoms with van der Waals surface area (Å²) in [5.41, 5.74) is 1.14. The molecule has 0 unspecified atom stereocenters. The van der Waals surface area contributed by atoms with Crippen LogP contribution in [0.5, 0.6) is 11.5 Å². The number of hydrogen-bond acceptors (Lipinski definition) is 2. The maximum Gasteiger partial charge on any atom is 0.133 e. The Morgan fingerprint density at radius 1 is 0.950 bits per heavy atom. The molecule has 0 aliphatic rings. The van der Waals surface area contributed by atoms with Gasteiger partial charge in [-0.05, 0) is 30.7 Å². The van der Waals surface area contributed by atoms with Crippen molar-refractivity contribution in [3.63, 3.8) is 0 Å². The van der Waals surface area contributed by atoms with Crippen molar-refractivity contribution >= 4 is 0 Å². The lowest BCUT2D eigenvalue weighted by Gasteiger charge is -2.08. The molecule has 0 saturated heterocycles. The highest BCUT2D eigenvalue weighted by Gasteiger charge is 2.03. The first kappa shape index (κ1) is 14.5. The predicted molar refractivity (Wildman–Crippen MR) is 74.9 cm³/mol. The van der Waals surface area contributed by atoms with Crippen LogP contribution in [-0.4, -0.2) is 6.54 Å². The van der Waals surface area contributed by atoms with Gasteiger partial charge in [0, 0.05) is 24.7 Å². The number of halogens is 2. The highest BCUT2D eigenvalue weighted by molar-refractivity contribution is 5.33. The van der Waals surface area contributed by atoms with Crippen LogP contribution in [0.15, 0.2) is 42.5 Å². The van der Waals surface area contributed by atoms with E-state index in [1.54, 1.807) is 12.1 Å². The average molecular weight is 277 g/mol. The molecule has 0 atom stereocenters. The lowest BCUT2D eigenvalue weighted by atomic mass is 10.2. The quantitative estimate of drug-likeness (QED) is 0.797. The van der Waals surface area contributed by atoms with E-state index in [9.17, 15) is 8.78 Å². The highest BCUT2D eigenvalue weighted by Crippen LogP contribution is 2.23. The molecule has 0 fully saturated rings. The Kier molecular flexibility index (Phi) is 5.07. The first-order valence-corrected chi connectivity index (χ1v) is 6.61. The fraction of sp³-hybridized carbons (Fsp3) is 0.250. The van der Waals surface area contributed by atoms with E-state index < -0.39 is 11.6 Å². The predicted octanol–water partition coefficient (Wildman–Crippen LogP) is 4.26. The molecule has 2 aromatic rings. The highest BCUT2D eigenvalue weighted by atomic mass is 19.1. The molecule has 0 bridgehead atoms. The first-order chi connectivity index (χ1) is 9.67. The summed E-state index contributed by atoms with van der Waals surface area (Å²) in [5.74, 6) is -0.602. The lowest BCUT2D eigenvalue weighted by molar-refractivity contribution is 0.468. The van der Waals surface area contributed by atoms with Crippen LogP contribution >= 0.6 is 0 Å². The summed E-state index contributed by atoms with van der Waals surface area (Å²) in [5, 5.41) is 3.30. The SMILES string of the molecule is CCCNCc1ccc(Oc2cc(F)cc(F)c2)cc1. The van der Waals surface area contributed by atoms with Gasteiger partial charge < -0.3 is 10.1 Å². The fourth-order valence-corrected chi connectivity index (χ4v) is 1.81. The number of ether oxygens (including phenoxy) is 1. The third-order valence-corrected chi connectivity index (χ3v) is 2.75. The van der Waals surface area contributed by atoms with Gasteiger partial charge >= 0.3 is 0 Å². The number of benzene rings is 2. The normalized spacial score (nSPS) is 10.6. The molecule has 2 aromatic carbocycles. The van der Waals surface area contributed by atoms with E-state index in [4.69, 9.17) is 4.74 Å². The van der Waals surface area contributed by atoms with E-state index >= 15 is 0 Å². The van der Waals surface area contributed by atoms with E-state index in [2.05, 4.69) is 12.2 Å². The Hall–Kier alpha value is -1.94. The number of rotatable bonds is 6. The molecule has 0 amide bonds. The molecule has 0 aliphatic carbocycles. The van der Waals surface area contributed by atoms with Crippen molar-refractivity contribution in [2.75, 3.05) is 6.54 Å². The topological polar surface area (TPSA) is 21.3 Å². The van der Waals surface area contributed by atoms with Crippen LogP contribution in [0.2, 0.25) is 0 Å². The van der Waals surface area contributed by atoms with Crippen LogP contribution in [0, 0.1) is 11.6 Å². The van der Waals surface area contributed by atoms with Crippen molar-refractivity contribution in [1.29, 1.82) is 0 Å². The second-order valence-corrected chi connectivity index (χ2v) is 4.53. The van der Waals surface area contributed by atoms with Crippen LogP contribution in [0.25, 0.3) is 0 Å². The Morgan fingerprint density at radius 2 is 1.60 bits per heavy atom. The van der Waals surface area contributed by atoms with E-state index in [0.29, 0.717) is 5.75 Å². The van der Waals surface area contributed by atoms with Crippen molar-refractivity contribution in [2.45, 2.75) is 19.9 Å². The smallest absolute Gasteiger partial charge is 0.133 e. The summed E-state index contributed by atoms with van der Waals surface area (Å²) >= 11 is 0. The molecule has 2 nitrogen and oxygen atoms in total. The van der Waals surface area contributed by atoms with Gasteiger partial charge in [0.25, 0.3) is 0 Å². The van der Waals surface area contributed by atoms with Gasteiger partial charge in [-0.2, -0.15) is 0 Å². The summed E-state index contributed by atoms with van der Waals surface area (Å²) in [6.07, 6.45) is 1.09. The van der Waals surface area contributed by atoms with Gasteiger partial charge in [0.05, 0.1) is 0 Å². The van der Waals surface area contributed by atoms with Gasteiger partial charge in [0.1, 0.15) is 23.1 Å². The maximum absolute atomic E-state index is 13.0. The maximum atomic E-state index is 13.0. The van der Waals surface area contributed by atoms with Crippen molar-refractivity contribution in [2.24, 2.45) is 0 Å². The molecule has 20 heavy (non-hydrogen) atoms. The van der Waals surface area contributed by atoms with E-state index in [1.165, 1.54) is 0 Å². The van der Waals surface area contributed by atoms with Gasteiger partial charge in [-0.15, -0.1) is 0 Å². The minimum atomic E-state index is -0.652. The van der Waals surface area contributed by atoms with E-state index in [1.807, 2.05) is 12.1 Å². The van der Waals surface area contributed by atoms with Gasteiger partial charge in [-0.3, -0.25) is 0 Å². The van der Waals surface area contributed by atoms with Crippen LogP contribution in [0.3, 0.4) is 0 Å².